The van der Waals surface area contributed by atoms with Crippen molar-refractivity contribution in [2.24, 2.45) is 0 Å². The summed E-state index contributed by atoms with van der Waals surface area (Å²) in [6.45, 7) is 0. The minimum Gasteiger partial charge on any atom is -0.504 e. The summed E-state index contributed by atoms with van der Waals surface area (Å²) in [5, 5.41) is 9.39. The van der Waals surface area contributed by atoms with Gasteiger partial charge in [-0.05, 0) is 23.8 Å². The molecule has 15 heavy (non-hydrogen) atoms. The third-order valence-corrected chi connectivity index (χ3v) is 1.87. The van der Waals surface area contributed by atoms with Crippen LogP contribution in [0.4, 0.5) is 0 Å². The summed E-state index contributed by atoms with van der Waals surface area (Å²) in [7, 11) is 1.41. The molecule has 0 spiro atoms. The lowest BCUT2D eigenvalue weighted by Crippen LogP contribution is -1.90. The van der Waals surface area contributed by atoms with Gasteiger partial charge in [-0.2, -0.15) is 0 Å². The van der Waals surface area contributed by atoms with Crippen molar-refractivity contribution in [3.8, 4) is 11.5 Å². The Morgan fingerprint density at radius 3 is 2.53 bits per heavy atom. The zero-order chi connectivity index (χ0) is 11.3. The molecule has 0 saturated heterocycles. The first-order chi connectivity index (χ1) is 7.22. The summed E-state index contributed by atoms with van der Waals surface area (Å²) in [6.07, 6.45) is 3.94. The molecule has 0 saturated carbocycles. The van der Waals surface area contributed by atoms with Gasteiger partial charge in [-0.25, -0.2) is 0 Å². The molecule has 1 aromatic carbocycles. The summed E-state index contributed by atoms with van der Waals surface area (Å²) in [5.41, 5.74) is 0.818. The first-order valence-electron chi connectivity index (χ1n) is 4.21. The average Bonchev–Trinajstić information content (AvgIpc) is 2.26. The maximum Gasteiger partial charge on any atom is 0.161 e. The Hall–Kier alpha value is -2.10. The van der Waals surface area contributed by atoms with Crippen molar-refractivity contribution in [1.29, 1.82) is 0 Å². The van der Waals surface area contributed by atoms with Crippen molar-refractivity contribution in [3.05, 3.63) is 29.3 Å². The lowest BCUT2D eigenvalue weighted by Gasteiger charge is -2.06. The van der Waals surface area contributed by atoms with E-state index < -0.39 is 0 Å². The topological polar surface area (TPSA) is 63.6 Å². The number of phenolic OH excluding ortho intramolecular Hbond substituents is 1. The molecule has 0 amide bonds. The fourth-order valence-corrected chi connectivity index (χ4v) is 1.15. The second-order valence-corrected chi connectivity index (χ2v) is 2.77. The van der Waals surface area contributed by atoms with Gasteiger partial charge in [0.05, 0.1) is 7.11 Å². The van der Waals surface area contributed by atoms with Crippen molar-refractivity contribution in [2.45, 2.75) is 0 Å². The van der Waals surface area contributed by atoms with E-state index in [1.807, 2.05) is 0 Å². The van der Waals surface area contributed by atoms with Gasteiger partial charge < -0.3 is 9.84 Å². The molecule has 0 fully saturated rings. The molecular formula is C11H10O4. The van der Waals surface area contributed by atoms with Gasteiger partial charge in [0.2, 0.25) is 0 Å². The van der Waals surface area contributed by atoms with Crippen LogP contribution >= 0.6 is 0 Å². The van der Waals surface area contributed by atoms with Gasteiger partial charge in [-0.1, -0.05) is 6.08 Å². The van der Waals surface area contributed by atoms with Crippen LogP contribution in [0.3, 0.4) is 0 Å². The molecule has 0 aliphatic rings. The maximum atomic E-state index is 10.7. The molecule has 0 bridgehead atoms. The Labute approximate surface area is 86.8 Å². The number of aldehydes is 2. The van der Waals surface area contributed by atoms with E-state index in [0.717, 1.165) is 0 Å². The number of rotatable bonds is 4. The average molecular weight is 206 g/mol. The third kappa shape index (κ3) is 2.43. The number of hydrogen-bond acceptors (Lipinski definition) is 4. The lowest BCUT2D eigenvalue weighted by atomic mass is 10.1. The van der Waals surface area contributed by atoms with Crippen molar-refractivity contribution in [3.63, 3.8) is 0 Å². The molecule has 4 heteroatoms. The van der Waals surface area contributed by atoms with Crippen LogP contribution in [0.5, 0.6) is 11.5 Å². The Bertz CT molecular complexity index is 407. The fraction of sp³-hybridized carbons (Fsp3) is 0.0909. The van der Waals surface area contributed by atoms with Crippen LogP contribution in [0.1, 0.15) is 15.9 Å². The summed E-state index contributed by atoms with van der Waals surface area (Å²) >= 11 is 0. The minimum absolute atomic E-state index is 0.108. The molecule has 0 aliphatic heterocycles. The van der Waals surface area contributed by atoms with Crippen LogP contribution in [0, 0.1) is 0 Å². The highest BCUT2D eigenvalue weighted by Gasteiger charge is 2.06. The molecule has 1 aromatic rings. The van der Waals surface area contributed by atoms with E-state index in [1.165, 1.54) is 31.4 Å². The van der Waals surface area contributed by atoms with Crippen LogP contribution in [0.15, 0.2) is 18.2 Å². The van der Waals surface area contributed by atoms with Crippen LogP contribution in [-0.2, 0) is 4.79 Å². The van der Waals surface area contributed by atoms with E-state index in [1.54, 1.807) is 0 Å². The Morgan fingerprint density at radius 1 is 1.27 bits per heavy atom. The van der Waals surface area contributed by atoms with Crippen LogP contribution in [0.2, 0.25) is 0 Å². The van der Waals surface area contributed by atoms with Crippen LogP contribution in [-0.4, -0.2) is 24.8 Å². The molecule has 1 rings (SSSR count). The van der Waals surface area contributed by atoms with Crippen LogP contribution in [0.25, 0.3) is 6.08 Å². The van der Waals surface area contributed by atoms with Crippen molar-refractivity contribution < 1.29 is 19.4 Å². The highest BCUT2D eigenvalue weighted by Crippen LogP contribution is 2.29. The van der Waals surface area contributed by atoms with Gasteiger partial charge in [-0.3, -0.25) is 9.59 Å². The summed E-state index contributed by atoms with van der Waals surface area (Å²) in [6, 6.07) is 2.77. The second-order valence-electron chi connectivity index (χ2n) is 2.77. The predicted octanol–water partition coefficient (Wildman–Crippen LogP) is 1.43. The van der Waals surface area contributed by atoms with E-state index in [2.05, 4.69) is 0 Å². The van der Waals surface area contributed by atoms with Crippen molar-refractivity contribution in [1.82, 2.24) is 0 Å². The zero-order valence-corrected chi connectivity index (χ0v) is 8.14. The SMILES string of the molecule is COc1cc(/C=C\C=O)c(C=O)cc1O. The minimum atomic E-state index is -0.108. The standard InChI is InChI=1S/C11H10O4/c1-15-11-6-8(3-2-4-12)9(7-13)5-10(11)14/h2-7,14H,1H3/b3-2-. The zero-order valence-electron chi connectivity index (χ0n) is 8.14. The van der Waals surface area contributed by atoms with Gasteiger partial charge in [0, 0.05) is 5.56 Å². The summed E-state index contributed by atoms with van der Waals surface area (Å²) in [4.78, 5) is 20.8. The van der Waals surface area contributed by atoms with E-state index >= 15 is 0 Å². The van der Waals surface area contributed by atoms with Gasteiger partial charge in [0.25, 0.3) is 0 Å². The normalized spacial score (nSPS) is 10.2. The predicted molar refractivity (Wildman–Crippen MR) is 55.1 cm³/mol. The number of allylic oxidation sites excluding steroid dienone is 1. The van der Waals surface area contributed by atoms with E-state index in [9.17, 15) is 14.7 Å². The van der Waals surface area contributed by atoms with Crippen molar-refractivity contribution in [2.75, 3.05) is 7.11 Å². The first-order valence-corrected chi connectivity index (χ1v) is 4.21. The van der Waals surface area contributed by atoms with Gasteiger partial charge in [-0.15, -0.1) is 0 Å². The highest BCUT2D eigenvalue weighted by atomic mass is 16.5. The molecule has 0 atom stereocenters. The Balaban J connectivity index is 3.27. The largest absolute Gasteiger partial charge is 0.504 e. The number of carbonyl (C=O) groups excluding carboxylic acids is 2. The van der Waals surface area contributed by atoms with E-state index in [4.69, 9.17) is 4.74 Å². The molecule has 0 aromatic heterocycles. The molecule has 0 heterocycles. The summed E-state index contributed by atoms with van der Waals surface area (Å²) < 4.78 is 4.88. The van der Waals surface area contributed by atoms with E-state index in [-0.39, 0.29) is 11.5 Å². The molecule has 0 aliphatic carbocycles. The lowest BCUT2D eigenvalue weighted by molar-refractivity contribution is -0.104. The van der Waals surface area contributed by atoms with Gasteiger partial charge in [0.15, 0.2) is 17.8 Å². The smallest absolute Gasteiger partial charge is 0.161 e. The number of methoxy groups -OCH3 is 1. The van der Waals surface area contributed by atoms with Crippen molar-refractivity contribution >= 4 is 18.6 Å². The number of ether oxygens (including phenoxy) is 1. The third-order valence-electron chi connectivity index (χ3n) is 1.87. The Morgan fingerprint density at radius 2 is 2.00 bits per heavy atom. The number of aromatic hydroxyl groups is 1. The fourth-order valence-electron chi connectivity index (χ4n) is 1.15. The summed E-state index contributed by atoms with van der Waals surface area (Å²) in [5.74, 6) is 0.147. The van der Waals surface area contributed by atoms with Gasteiger partial charge >= 0.3 is 0 Å². The molecule has 78 valence electrons. The maximum absolute atomic E-state index is 10.7. The number of benzene rings is 1. The molecular weight excluding hydrogens is 196 g/mol. The number of hydrogen-bond donors (Lipinski definition) is 1. The molecule has 4 nitrogen and oxygen atoms in total. The number of phenols is 1. The van der Waals surface area contributed by atoms with E-state index in [0.29, 0.717) is 23.7 Å². The monoisotopic (exact) mass is 206 g/mol. The highest BCUT2D eigenvalue weighted by molar-refractivity contribution is 5.86. The molecule has 0 radical (unpaired) electrons. The molecule has 0 unspecified atom stereocenters. The Kier molecular flexibility index (Phi) is 3.62. The quantitative estimate of drug-likeness (QED) is 0.597. The van der Waals surface area contributed by atoms with Crippen LogP contribution < -0.4 is 4.74 Å². The second kappa shape index (κ2) is 4.95. The van der Waals surface area contributed by atoms with Gasteiger partial charge in [0.1, 0.15) is 6.29 Å². The molecule has 1 N–H and O–H groups in total. The first kappa shape index (κ1) is 11.0. The number of carbonyl (C=O) groups is 2.